The molecule has 38 heavy (non-hydrogen) atoms. The van der Waals surface area contributed by atoms with Gasteiger partial charge in [-0.15, -0.1) is 0 Å². The summed E-state index contributed by atoms with van der Waals surface area (Å²) in [5.74, 6) is 2.21. The fourth-order valence-electron chi connectivity index (χ4n) is 3.68. The van der Waals surface area contributed by atoms with Gasteiger partial charge in [0.25, 0.3) is 0 Å². The topological polar surface area (TPSA) is 68.6 Å². The van der Waals surface area contributed by atoms with Crippen LogP contribution in [-0.4, -0.2) is 41.0 Å². The quantitative estimate of drug-likeness (QED) is 0.180. The Balaban J connectivity index is 0.000000432. The summed E-state index contributed by atoms with van der Waals surface area (Å²) >= 11 is 6.58. The first-order valence-corrected chi connectivity index (χ1v) is 14.9. The Morgan fingerprint density at radius 2 is 1.87 bits per heavy atom. The minimum Gasteiger partial charge on any atom is -0.494 e. The molecule has 1 unspecified atom stereocenters. The second-order valence-corrected chi connectivity index (χ2v) is 10.9. The van der Waals surface area contributed by atoms with Crippen LogP contribution in [0.25, 0.3) is 0 Å². The van der Waals surface area contributed by atoms with Gasteiger partial charge in [-0.05, 0) is 89.6 Å². The Hall–Kier alpha value is -2.18. The molecule has 1 fully saturated rings. The highest BCUT2D eigenvalue weighted by Gasteiger charge is 2.41. The van der Waals surface area contributed by atoms with E-state index in [9.17, 15) is 0 Å². The van der Waals surface area contributed by atoms with Gasteiger partial charge in [-0.25, -0.2) is 9.98 Å². The summed E-state index contributed by atoms with van der Waals surface area (Å²) in [6.45, 7) is 18.0. The van der Waals surface area contributed by atoms with Crippen molar-refractivity contribution in [3.63, 3.8) is 0 Å². The second-order valence-electron chi connectivity index (χ2n) is 10.5. The number of halogens is 1. The van der Waals surface area contributed by atoms with Crippen molar-refractivity contribution in [3.05, 3.63) is 40.8 Å². The van der Waals surface area contributed by atoms with Crippen molar-refractivity contribution in [3.8, 4) is 11.6 Å². The Labute approximate surface area is 236 Å². The lowest BCUT2D eigenvalue weighted by molar-refractivity contribution is 0.192. The van der Waals surface area contributed by atoms with Crippen LogP contribution in [0, 0.1) is 12.8 Å². The zero-order valence-electron chi connectivity index (χ0n) is 24.7. The third-order valence-electron chi connectivity index (χ3n) is 6.66. The molecule has 0 aliphatic heterocycles. The van der Waals surface area contributed by atoms with Gasteiger partial charge in [0.1, 0.15) is 23.4 Å². The van der Waals surface area contributed by atoms with Gasteiger partial charge in [-0.1, -0.05) is 59.1 Å². The van der Waals surface area contributed by atoms with Crippen LogP contribution < -0.4 is 14.8 Å². The van der Waals surface area contributed by atoms with Crippen LogP contribution in [0.5, 0.6) is 11.6 Å². The van der Waals surface area contributed by atoms with Gasteiger partial charge in [0.05, 0.1) is 23.0 Å². The summed E-state index contributed by atoms with van der Waals surface area (Å²) in [6.07, 6.45) is 10.2. The molecule has 1 aromatic carbocycles. The van der Waals surface area contributed by atoms with E-state index in [1.54, 1.807) is 0 Å². The summed E-state index contributed by atoms with van der Waals surface area (Å²) in [6, 6.07) is 5.78. The summed E-state index contributed by atoms with van der Waals surface area (Å²) in [4.78, 5) is 13.6. The largest absolute Gasteiger partial charge is 0.494 e. The van der Waals surface area contributed by atoms with Crippen LogP contribution in [0.2, 0.25) is 5.02 Å². The highest BCUT2D eigenvalue weighted by molar-refractivity contribution is 6.34. The van der Waals surface area contributed by atoms with E-state index >= 15 is 0 Å². The molecule has 3 rings (SSSR count). The number of nitrogens with zero attached hydrogens (tertiary/aromatic N) is 3. The molecule has 0 spiro atoms. The highest BCUT2D eigenvalue weighted by Crippen LogP contribution is 2.42. The van der Waals surface area contributed by atoms with Gasteiger partial charge < -0.3 is 14.8 Å². The second kappa shape index (κ2) is 16.7. The molecule has 1 atom stereocenters. The third kappa shape index (κ3) is 10.9. The van der Waals surface area contributed by atoms with Crippen molar-refractivity contribution in [2.75, 3.05) is 19.7 Å². The van der Waals surface area contributed by atoms with Crippen LogP contribution in [0.15, 0.2) is 29.5 Å². The zero-order chi connectivity index (χ0) is 28.0. The first-order valence-electron chi connectivity index (χ1n) is 14.5. The van der Waals surface area contributed by atoms with Crippen molar-refractivity contribution < 1.29 is 9.47 Å². The van der Waals surface area contributed by atoms with E-state index in [0.717, 1.165) is 60.7 Å². The minimum absolute atomic E-state index is 0.133. The van der Waals surface area contributed by atoms with Gasteiger partial charge in [0.15, 0.2) is 0 Å². The number of hydrogen-bond acceptors (Lipinski definition) is 6. The Kier molecular flexibility index (Phi) is 14.1. The molecule has 2 aromatic rings. The Bertz CT molecular complexity index is 1010. The first-order chi connectivity index (χ1) is 18.3. The molecule has 0 amide bonds. The summed E-state index contributed by atoms with van der Waals surface area (Å²) in [5.41, 5.74) is 3.15. The van der Waals surface area contributed by atoms with E-state index in [2.05, 4.69) is 56.8 Å². The lowest BCUT2D eigenvalue weighted by Gasteiger charge is -2.16. The molecule has 212 valence electrons. The average Bonchev–Trinajstić information content (AvgIpc) is 3.63. The van der Waals surface area contributed by atoms with Gasteiger partial charge in [-0.3, -0.25) is 0 Å². The molecule has 1 heterocycles. The van der Waals surface area contributed by atoms with Gasteiger partial charge in [0.2, 0.25) is 5.88 Å². The van der Waals surface area contributed by atoms with Crippen molar-refractivity contribution in [2.45, 2.75) is 105 Å². The van der Waals surface area contributed by atoms with E-state index in [-0.39, 0.29) is 5.60 Å². The van der Waals surface area contributed by atoms with Gasteiger partial charge in [0, 0.05) is 5.56 Å². The summed E-state index contributed by atoms with van der Waals surface area (Å²) < 4.78 is 11.8. The molecule has 7 heteroatoms. The standard InChI is InChI=1S/C22H28ClN3O2.C9H21N/c1-5-7-19(17-9-8-16(13-18(17)23)27-12-6-2)26-20-15(3)24-14-25-21(20)28-22(4)10-11-22;1-4-7-10-8-6-9(3)5-2/h8-9,13-14H,5-7,10-12H2,1-4H3;9-10H,4-8H2,1-3H3. The number of rotatable bonds is 15. The molecule has 1 aromatic heterocycles. The molecular weight excluding hydrogens is 496 g/mol. The summed E-state index contributed by atoms with van der Waals surface area (Å²) in [5, 5.41) is 4.03. The van der Waals surface area contributed by atoms with E-state index in [1.165, 1.54) is 38.7 Å². The smallest absolute Gasteiger partial charge is 0.243 e. The maximum Gasteiger partial charge on any atom is 0.243 e. The molecule has 0 saturated heterocycles. The molecule has 1 aliphatic carbocycles. The predicted molar refractivity (Wildman–Crippen MR) is 161 cm³/mol. The number of ether oxygens (including phenoxy) is 2. The van der Waals surface area contributed by atoms with Crippen LogP contribution in [0.4, 0.5) is 5.69 Å². The maximum atomic E-state index is 6.58. The number of benzene rings is 1. The molecule has 1 aliphatic rings. The fourth-order valence-corrected chi connectivity index (χ4v) is 3.96. The zero-order valence-corrected chi connectivity index (χ0v) is 25.5. The molecule has 1 N–H and O–H groups in total. The maximum absolute atomic E-state index is 6.58. The van der Waals surface area contributed by atoms with Crippen LogP contribution in [-0.2, 0) is 0 Å². The van der Waals surface area contributed by atoms with E-state index in [4.69, 9.17) is 26.1 Å². The van der Waals surface area contributed by atoms with E-state index in [1.807, 2.05) is 25.1 Å². The molecule has 0 radical (unpaired) electrons. The van der Waals surface area contributed by atoms with E-state index in [0.29, 0.717) is 23.2 Å². The van der Waals surface area contributed by atoms with E-state index < -0.39 is 0 Å². The third-order valence-corrected chi connectivity index (χ3v) is 6.98. The lowest BCUT2D eigenvalue weighted by atomic mass is 10.1. The number of hydrogen-bond donors (Lipinski definition) is 1. The van der Waals surface area contributed by atoms with Crippen molar-refractivity contribution >= 4 is 23.0 Å². The predicted octanol–water partition coefficient (Wildman–Crippen LogP) is 8.50. The van der Waals surface area contributed by atoms with Crippen molar-refractivity contribution in [1.82, 2.24) is 15.3 Å². The van der Waals surface area contributed by atoms with Crippen molar-refractivity contribution in [1.29, 1.82) is 0 Å². The van der Waals surface area contributed by atoms with Gasteiger partial charge in [-0.2, -0.15) is 4.98 Å². The number of aliphatic imine (C=N–C) groups is 1. The number of aromatic nitrogens is 2. The Morgan fingerprint density at radius 3 is 2.47 bits per heavy atom. The average molecular weight is 545 g/mol. The summed E-state index contributed by atoms with van der Waals surface area (Å²) in [7, 11) is 0. The lowest BCUT2D eigenvalue weighted by Crippen LogP contribution is -2.17. The highest BCUT2D eigenvalue weighted by atomic mass is 35.5. The van der Waals surface area contributed by atoms with Crippen LogP contribution in [0.1, 0.15) is 104 Å². The van der Waals surface area contributed by atoms with Gasteiger partial charge >= 0.3 is 0 Å². The Morgan fingerprint density at radius 1 is 1.11 bits per heavy atom. The number of aryl methyl sites for hydroxylation is 1. The monoisotopic (exact) mass is 544 g/mol. The van der Waals surface area contributed by atoms with Crippen LogP contribution >= 0.6 is 11.6 Å². The molecule has 6 nitrogen and oxygen atoms in total. The molecular formula is C31H49ClN4O2. The normalized spacial score (nSPS) is 14.9. The molecule has 1 saturated carbocycles. The first kappa shape index (κ1) is 32.0. The van der Waals surface area contributed by atoms with Crippen molar-refractivity contribution in [2.24, 2.45) is 10.9 Å². The minimum atomic E-state index is -0.133. The molecule has 0 bridgehead atoms. The fraction of sp³-hybridized carbons (Fsp3) is 0.645. The number of nitrogens with one attached hydrogen (secondary N) is 1. The van der Waals surface area contributed by atoms with Crippen LogP contribution in [0.3, 0.4) is 0 Å². The SMILES string of the molecule is CCCNCCC(C)CC.CCCOc1ccc(C(CCC)=Nc2c(C)ncnc2OC2(C)CC2)c(Cl)c1.